The summed E-state index contributed by atoms with van der Waals surface area (Å²) in [6.45, 7) is 0. The van der Waals surface area contributed by atoms with Crippen molar-refractivity contribution < 1.29 is 22.8 Å². The molecule has 2 rings (SSSR count). The fourth-order valence-electron chi connectivity index (χ4n) is 2.55. The van der Waals surface area contributed by atoms with Crippen molar-refractivity contribution in [1.82, 2.24) is 0 Å². The normalized spacial score (nSPS) is 16.5. The molecular formula is C15H16F3NO2. The fourth-order valence-corrected chi connectivity index (χ4v) is 2.55. The molecule has 0 spiro atoms. The molecule has 1 aliphatic rings. The van der Waals surface area contributed by atoms with Crippen molar-refractivity contribution in [3.63, 3.8) is 0 Å². The molecule has 0 atom stereocenters. The SMILES string of the molecule is O=C(c1cccc(NC(=O)C(F)(F)F)c1)C1CCCCC1. The van der Waals surface area contributed by atoms with Crippen molar-refractivity contribution in [3.8, 4) is 0 Å². The number of hydrogen-bond acceptors (Lipinski definition) is 2. The maximum atomic E-state index is 12.3. The van der Waals surface area contributed by atoms with Crippen molar-refractivity contribution in [1.29, 1.82) is 0 Å². The minimum Gasteiger partial charge on any atom is -0.318 e. The van der Waals surface area contributed by atoms with Crippen LogP contribution >= 0.6 is 0 Å². The Labute approximate surface area is 120 Å². The lowest BCUT2D eigenvalue weighted by molar-refractivity contribution is -0.167. The van der Waals surface area contributed by atoms with E-state index in [1.165, 1.54) is 18.2 Å². The molecule has 1 saturated carbocycles. The monoisotopic (exact) mass is 299 g/mol. The fraction of sp³-hybridized carbons (Fsp3) is 0.467. The molecule has 114 valence electrons. The molecule has 1 aliphatic carbocycles. The van der Waals surface area contributed by atoms with Crippen LogP contribution in [0.2, 0.25) is 0 Å². The van der Waals surface area contributed by atoms with Gasteiger partial charge in [-0.15, -0.1) is 0 Å². The molecule has 1 N–H and O–H groups in total. The first-order chi connectivity index (χ1) is 9.88. The summed E-state index contributed by atoms with van der Waals surface area (Å²) in [4.78, 5) is 23.2. The smallest absolute Gasteiger partial charge is 0.318 e. The van der Waals surface area contributed by atoms with E-state index in [9.17, 15) is 22.8 Å². The summed E-state index contributed by atoms with van der Waals surface area (Å²) in [6, 6.07) is 5.68. The van der Waals surface area contributed by atoms with Gasteiger partial charge in [-0.3, -0.25) is 9.59 Å². The van der Waals surface area contributed by atoms with Gasteiger partial charge in [-0.25, -0.2) is 0 Å². The van der Waals surface area contributed by atoms with E-state index >= 15 is 0 Å². The standard InChI is InChI=1S/C15H16F3NO2/c16-15(17,18)14(21)19-12-8-4-7-11(9-12)13(20)10-5-2-1-3-6-10/h4,7-10H,1-3,5-6H2,(H,19,21). The number of amides is 1. The van der Waals surface area contributed by atoms with Crippen LogP contribution in [0.3, 0.4) is 0 Å². The highest BCUT2D eigenvalue weighted by molar-refractivity contribution is 6.00. The number of halogens is 3. The molecular weight excluding hydrogens is 283 g/mol. The van der Waals surface area contributed by atoms with Crippen LogP contribution in [-0.4, -0.2) is 17.9 Å². The molecule has 6 heteroatoms. The second-order valence-electron chi connectivity index (χ2n) is 5.23. The Morgan fingerprint density at radius 3 is 2.38 bits per heavy atom. The van der Waals surface area contributed by atoms with Crippen molar-refractivity contribution in [2.75, 3.05) is 5.32 Å². The van der Waals surface area contributed by atoms with Crippen molar-refractivity contribution in [3.05, 3.63) is 29.8 Å². The predicted molar refractivity (Wildman–Crippen MR) is 72.0 cm³/mol. The number of anilines is 1. The van der Waals surface area contributed by atoms with Crippen LogP contribution < -0.4 is 5.32 Å². The van der Waals surface area contributed by atoms with Crippen LogP contribution in [0.15, 0.2) is 24.3 Å². The maximum absolute atomic E-state index is 12.3. The van der Waals surface area contributed by atoms with Gasteiger partial charge >= 0.3 is 12.1 Å². The quantitative estimate of drug-likeness (QED) is 0.859. The van der Waals surface area contributed by atoms with E-state index in [0.29, 0.717) is 5.56 Å². The minimum absolute atomic E-state index is 0.0148. The lowest BCUT2D eigenvalue weighted by Gasteiger charge is -2.20. The number of hydrogen-bond donors (Lipinski definition) is 1. The van der Waals surface area contributed by atoms with Crippen LogP contribution in [0.1, 0.15) is 42.5 Å². The van der Waals surface area contributed by atoms with Gasteiger partial charge in [-0.05, 0) is 25.0 Å². The average Bonchev–Trinajstić information content (AvgIpc) is 2.46. The molecule has 0 aliphatic heterocycles. The Kier molecular flexibility index (Phi) is 4.65. The van der Waals surface area contributed by atoms with Gasteiger partial charge in [-0.2, -0.15) is 13.2 Å². The van der Waals surface area contributed by atoms with E-state index in [4.69, 9.17) is 0 Å². The summed E-state index contributed by atoms with van der Waals surface area (Å²) in [5.41, 5.74) is 0.334. The lowest BCUT2D eigenvalue weighted by atomic mass is 9.84. The predicted octanol–water partition coefficient (Wildman–Crippen LogP) is 3.95. The highest BCUT2D eigenvalue weighted by atomic mass is 19.4. The summed E-state index contributed by atoms with van der Waals surface area (Å²) in [5, 5.41) is 1.76. The lowest BCUT2D eigenvalue weighted by Crippen LogP contribution is -2.30. The van der Waals surface area contributed by atoms with Crippen LogP contribution in [0.5, 0.6) is 0 Å². The molecule has 0 saturated heterocycles. The number of ketones is 1. The molecule has 0 radical (unpaired) electrons. The summed E-state index contributed by atoms with van der Waals surface area (Å²) in [5.74, 6) is -2.16. The van der Waals surface area contributed by atoms with Gasteiger partial charge in [0.1, 0.15) is 0 Å². The van der Waals surface area contributed by atoms with E-state index in [-0.39, 0.29) is 17.4 Å². The first kappa shape index (κ1) is 15.5. The van der Waals surface area contributed by atoms with E-state index in [0.717, 1.165) is 32.1 Å². The van der Waals surface area contributed by atoms with Crippen LogP contribution in [0.4, 0.5) is 18.9 Å². The van der Waals surface area contributed by atoms with Gasteiger partial charge in [0.05, 0.1) is 0 Å². The molecule has 0 unspecified atom stereocenters. The molecule has 1 amide bonds. The number of Topliss-reactive ketones (excluding diaryl/α,β-unsaturated/α-hetero) is 1. The van der Waals surface area contributed by atoms with Crippen molar-refractivity contribution >= 4 is 17.4 Å². The zero-order chi connectivity index (χ0) is 15.5. The second kappa shape index (κ2) is 6.28. The first-order valence-corrected chi connectivity index (χ1v) is 6.90. The third kappa shape index (κ3) is 4.06. The summed E-state index contributed by atoms with van der Waals surface area (Å²) in [7, 11) is 0. The topological polar surface area (TPSA) is 46.2 Å². The number of nitrogens with one attached hydrogen (secondary N) is 1. The molecule has 0 aromatic heterocycles. The first-order valence-electron chi connectivity index (χ1n) is 6.90. The van der Waals surface area contributed by atoms with Crippen LogP contribution in [0, 0.1) is 5.92 Å². The molecule has 1 aromatic carbocycles. The van der Waals surface area contributed by atoms with Gasteiger partial charge in [-0.1, -0.05) is 31.4 Å². The van der Waals surface area contributed by atoms with E-state index in [2.05, 4.69) is 0 Å². The third-order valence-electron chi connectivity index (χ3n) is 3.64. The number of benzene rings is 1. The van der Waals surface area contributed by atoms with Crippen molar-refractivity contribution in [2.24, 2.45) is 5.92 Å². The molecule has 1 fully saturated rings. The van der Waals surface area contributed by atoms with Crippen molar-refractivity contribution in [2.45, 2.75) is 38.3 Å². The van der Waals surface area contributed by atoms with Crippen LogP contribution in [-0.2, 0) is 4.79 Å². The zero-order valence-electron chi connectivity index (χ0n) is 11.4. The number of rotatable bonds is 3. The summed E-state index contributed by atoms with van der Waals surface area (Å²) >= 11 is 0. The highest BCUT2D eigenvalue weighted by Crippen LogP contribution is 2.28. The average molecular weight is 299 g/mol. The van der Waals surface area contributed by atoms with E-state index in [1.807, 2.05) is 0 Å². The van der Waals surface area contributed by atoms with Gasteiger partial charge in [0.25, 0.3) is 0 Å². The third-order valence-corrected chi connectivity index (χ3v) is 3.64. The van der Waals surface area contributed by atoms with E-state index < -0.39 is 12.1 Å². The van der Waals surface area contributed by atoms with Gasteiger partial charge in [0.2, 0.25) is 0 Å². The second-order valence-corrected chi connectivity index (χ2v) is 5.23. The Morgan fingerprint density at radius 1 is 1.10 bits per heavy atom. The molecule has 21 heavy (non-hydrogen) atoms. The summed E-state index contributed by atoms with van der Waals surface area (Å²) < 4.78 is 36.6. The van der Waals surface area contributed by atoms with E-state index in [1.54, 1.807) is 11.4 Å². The summed E-state index contributed by atoms with van der Waals surface area (Å²) in [6.07, 6.45) is -0.188. The number of alkyl halides is 3. The Hall–Kier alpha value is -1.85. The molecule has 3 nitrogen and oxygen atoms in total. The van der Waals surface area contributed by atoms with Gasteiger partial charge < -0.3 is 5.32 Å². The minimum atomic E-state index is -4.94. The van der Waals surface area contributed by atoms with Crippen LogP contribution in [0.25, 0.3) is 0 Å². The van der Waals surface area contributed by atoms with Gasteiger partial charge in [0, 0.05) is 17.2 Å². The Balaban J connectivity index is 2.10. The molecule has 1 aromatic rings. The number of carbonyl (C=O) groups is 2. The Morgan fingerprint density at radius 2 is 1.76 bits per heavy atom. The highest BCUT2D eigenvalue weighted by Gasteiger charge is 2.38. The molecule has 0 heterocycles. The maximum Gasteiger partial charge on any atom is 0.471 e. The Bertz CT molecular complexity index is 534. The molecule has 0 bridgehead atoms. The number of carbonyl (C=O) groups excluding carboxylic acids is 2. The van der Waals surface area contributed by atoms with Gasteiger partial charge in [0.15, 0.2) is 5.78 Å². The zero-order valence-corrected chi connectivity index (χ0v) is 11.4. The largest absolute Gasteiger partial charge is 0.471 e.